The Morgan fingerprint density at radius 1 is 1.06 bits per heavy atom. The highest BCUT2D eigenvalue weighted by Gasteiger charge is 2.68. The van der Waals surface area contributed by atoms with Crippen molar-refractivity contribution in [3.05, 3.63) is 6.33 Å². The smallest absolute Gasteiger partial charge is 0.476 e. The van der Waals surface area contributed by atoms with Gasteiger partial charge < -0.3 is 38.9 Å². The lowest BCUT2D eigenvalue weighted by Gasteiger charge is -2.33. The molecule has 3 heterocycles. The van der Waals surface area contributed by atoms with Crippen LogP contribution in [0.1, 0.15) is 61.6 Å². The van der Waals surface area contributed by atoms with Crippen LogP contribution in [0, 0.1) is 5.92 Å². The summed E-state index contributed by atoms with van der Waals surface area (Å²) in [6, 6.07) is -1.20. The number of halogens is 3. The van der Waals surface area contributed by atoms with Crippen molar-refractivity contribution in [2.45, 2.75) is 97.5 Å². The molecule has 1 fully saturated rings. The number of rotatable bonds is 18. The van der Waals surface area contributed by atoms with Gasteiger partial charge in [-0.25, -0.2) is 41.8 Å². The predicted octanol–water partition coefficient (Wildman–Crippen LogP) is 4.61. The Bertz CT molecular complexity index is 1580. The maximum Gasteiger partial charge on any atom is 0.510 e. The highest BCUT2D eigenvalue weighted by atomic mass is 35.5. The van der Waals surface area contributed by atoms with Crippen molar-refractivity contribution in [3.8, 4) is 5.88 Å². The summed E-state index contributed by atoms with van der Waals surface area (Å²) >= 11 is 5.76. The van der Waals surface area contributed by atoms with E-state index >= 15 is 8.78 Å². The lowest BCUT2D eigenvalue weighted by atomic mass is 9.95. The molecule has 1 aliphatic rings. The summed E-state index contributed by atoms with van der Waals surface area (Å²) in [6.07, 6.45) is -7.49. The highest BCUT2D eigenvalue weighted by Crippen LogP contribution is 2.55. The number of fused-ring (bicyclic) bond motifs is 1. The zero-order chi connectivity index (χ0) is 39.0. The Morgan fingerprint density at radius 3 is 2.13 bits per heavy atom. The molecule has 1 saturated heterocycles. The normalized spacial score (nSPS) is 22.5. The van der Waals surface area contributed by atoms with Gasteiger partial charge in [0.1, 0.15) is 12.6 Å². The first-order valence-electron chi connectivity index (χ1n) is 15.7. The van der Waals surface area contributed by atoms with Crippen LogP contribution in [0.15, 0.2) is 6.33 Å². The van der Waals surface area contributed by atoms with E-state index in [9.17, 15) is 18.9 Å². The van der Waals surface area contributed by atoms with Crippen LogP contribution in [0.5, 0.6) is 5.88 Å². The molecule has 0 amide bonds. The number of alkyl halides is 2. The number of nitrogens with one attached hydrogen (secondary N) is 1. The first kappa shape index (κ1) is 42.8. The minimum absolute atomic E-state index is 0.0112. The monoisotopic (exact) mass is 790 g/mol. The van der Waals surface area contributed by atoms with E-state index in [1.54, 1.807) is 20.8 Å². The molecule has 3 N–H and O–H groups in total. The molecular formula is C28H42ClF2N6O14P. The molecule has 2 aromatic heterocycles. The van der Waals surface area contributed by atoms with E-state index in [0.717, 1.165) is 17.8 Å². The van der Waals surface area contributed by atoms with Crippen LogP contribution in [0.2, 0.25) is 0 Å². The zero-order valence-corrected chi connectivity index (χ0v) is 31.2. The number of hydrogen-bond acceptors (Lipinski definition) is 19. The maximum absolute atomic E-state index is 16.8. The fourth-order valence-corrected chi connectivity index (χ4v) is 5.77. The third-order valence-electron chi connectivity index (χ3n) is 6.84. The van der Waals surface area contributed by atoms with Gasteiger partial charge in [-0.2, -0.15) is 9.97 Å². The van der Waals surface area contributed by atoms with E-state index in [1.807, 2.05) is 0 Å². The van der Waals surface area contributed by atoms with E-state index < -0.39 is 94.3 Å². The van der Waals surface area contributed by atoms with E-state index in [-0.39, 0.29) is 29.6 Å². The second kappa shape index (κ2) is 17.9. The average molecular weight is 791 g/mol. The second-order valence-electron chi connectivity index (χ2n) is 12.0. The number of nitrogens with two attached hydrogens (primary N) is 1. The number of imidazole rings is 1. The molecule has 52 heavy (non-hydrogen) atoms. The average Bonchev–Trinajstić information content (AvgIpc) is 3.52. The zero-order valence-electron chi connectivity index (χ0n) is 29.5. The fourth-order valence-electron chi connectivity index (χ4n) is 4.51. The molecule has 0 spiro atoms. The van der Waals surface area contributed by atoms with Gasteiger partial charge in [0.25, 0.3) is 5.85 Å². The number of carbonyl (C=O) groups excluding carboxylic acids is 3. The number of hydrogen-bond donors (Lipinski definition) is 2. The maximum atomic E-state index is 16.8. The minimum atomic E-state index is -5.12. The summed E-state index contributed by atoms with van der Waals surface area (Å²) in [5, 5.41) is 0. The number of nitrogen functional groups attached to an aromatic ring is 1. The number of anilines is 1. The molecule has 0 aromatic carbocycles. The van der Waals surface area contributed by atoms with Gasteiger partial charge in [0.15, 0.2) is 23.0 Å². The van der Waals surface area contributed by atoms with Crippen molar-refractivity contribution in [2.24, 2.45) is 5.92 Å². The lowest BCUT2D eigenvalue weighted by molar-refractivity contribution is -0.197. The van der Waals surface area contributed by atoms with Gasteiger partial charge in [-0.3, -0.25) is 13.9 Å². The first-order valence-corrected chi connectivity index (χ1v) is 17.6. The number of aromatic nitrogens is 4. The Kier molecular flexibility index (Phi) is 14.7. The number of nitrogens with zero attached hydrogens (tertiary/aromatic N) is 4. The molecular weight excluding hydrogens is 749 g/mol. The third kappa shape index (κ3) is 10.5. The topological polar surface area (TPSA) is 242 Å². The van der Waals surface area contributed by atoms with Crippen LogP contribution in [0.25, 0.3) is 11.2 Å². The fraction of sp³-hybridized carbons (Fsp3) is 0.714. The molecule has 20 nitrogen and oxygen atoms in total. The Hall–Kier alpha value is -3.66. The van der Waals surface area contributed by atoms with E-state index in [1.165, 1.54) is 27.7 Å². The van der Waals surface area contributed by atoms with Gasteiger partial charge in [-0.05, 0) is 59.2 Å². The molecule has 0 radical (unpaired) electrons. The predicted molar refractivity (Wildman–Crippen MR) is 173 cm³/mol. The standard InChI is InChI=1S/C28H42ClF2N6O14P/c1-9-42-20-18-19(34-24(32)35-20)37(11-33-18)23-27(8,50-21(38)17(36-29)14(2)3)22(30)28(31,51-23)10-45-52(41,46-12-43-25(39)48-15(4)5)47-13-44-26(40)49-16(6)7/h11,14-17,22-23,36H,9-10,12-13H2,1-8H3,(H2,32,34,35)/t17?,22-,23+,27+,28+/m0/s1. The Labute approximate surface area is 301 Å². The van der Waals surface area contributed by atoms with Crippen LogP contribution in [0.4, 0.5) is 24.3 Å². The Balaban J connectivity index is 1.99. The van der Waals surface area contributed by atoms with Crippen molar-refractivity contribution in [1.29, 1.82) is 0 Å². The molecule has 5 atom stereocenters. The molecule has 1 unspecified atom stereocenters. The second-order valence-corrected chi connectivity index (χ2v) is 13.9. The van der Waals surface area contributed by atoms with E-state index in [2.05, 4.69) is 29.3 Å². The van der Waals surface area contributed by atoms with Gasteiger partial charge >= 0.3 is 26.1 Å². The molecule has 2 aromatic rings. The Morgan fingerprint density at radius 2 is 1.63 bits per heavy atom. The van der Waals surface area contributed by atoms with Crippen molar-refractivity contribution >= 4 is 55.0 Å². The molecule has 3 rings (SSSR count). The summed E-state index contributed by atoms with van der Waals surface area (Å²) in [7, 11) is -5.12. The van der Waals surface area contributed by atoms with Crippen molar-refractivity contribution < 1.29 is 74.5 Å². The number of carbonyl (C=O) groups is 3. The quantitative estimate of drug-likeness (QED) is 0.0689. The summed E-state index contributed by atoms with van der Waals surface area (Å²) in [5.74, 6) is -5.57. The molecule has 24 heteroatoms. The largest absolute Gasteiger partial charge is 0.510 e. The number of phosphoric ester groups is 1. The van der Waals surface area contributed by atoms with Crippen molar-refractivity contribution in [1.82, 2.24) is 24.4 Å². The summed E-state index contributed by atoms with van der Waals surface area (Å²) in [6.45, 7) is 8.23. The molecule has 0 aliphatic carbocycles. The highest BCUT2D eigenvalue weighted by molar-refractivity contribution is 7.48. The summed E-state index contributed by atoms with van der Waals surface area (Å²) in [5.41, 5.74) is 3.18. The van der Waals surface area contributed by atoms with Gasteiger partial charge in [0.2, 0.25) is 31.6 Å². The van der Waals surface area contributed by atoms with Crippen LogP contribution in [-0.2, 0) is 51.4 Å². The lowest BCUT2D eigenvalue weighted by Crippen LogP contribution is -2.52. The van der Waals surface area contributed by atoms with Gasteiger partial charge in [-0.15, -0.1) is 0 Å². The van der Waals surface area contributed by atoms with Crippen LogP contribution in [-0.4, -0.2) is 100 Å². The summed E-state index contributed by atoms with van der Waals surface area (Å²) in [4.78, 5) is 51.4. The number of esters is 1. The van der Waals surface area contributed by atoms with Gasteiger partial charge in [0.05, 0.1) is 25.1 Å². The number of ether oxygens (including phenoxy) is 7. The van der Waals surface area contributed by atoms with Crippen molar-refractivity contribution in [2.75, 3.05) is 32.5 Å². The third-order valence-corrected chi connectivity index (χ3v) is 8.36. The minimum Gasteiger partial charge on any atom is -0.476 e. The van der Waals surface area contributed by atoms with Crippen molar-refractivity contribution in [3.63, 3.8) is 0 Å². The van der Waals surface area contributed by atoms with Gasteiger partial charge in [0, 0.05) is 0 Å². The molecule has 0 bridgehead atoms. The SMILES string of the molecule is CCOc1nc(N)nc2c1ncn2[C@@H]1O[C@](F)(COP(=O)(OCOC(=O)OC(C)C)OCOC(=O)OC(C)C)[C@@H](F)[C@@]1(C)OC(=O)C(NCl)C(C)C. The summed E-state index contributed by atoms with van der Waals surface area (Å²) < 4.78 is 98.4. The molecule has 294 valence electrons. The first-order chi connectivity index (χ1) is 24.3. The molecule has 1 aliphatic heterocycles. The van der Waals surface area contributed by atoms with E-state index in [0.29, 0.717) is 0 Å². The number of phosphoric acid groups is 1. The van der Waals surface area contributed by atoms with Crippen LogP contribution in [0.3, 0.4) is 0 Å². The van der Waals surface area contributed by atoms with Crippen LogP contribution < -0.4 is 15.3 Å². The van der Waals surface area contributed by atoms with Gasteiger partial charge in [-0.1, -0.05) is 13.8 Å². The molecule has 0 saturated carbocycles. The van der Waals surface area contributed by atoms with E-state index in [4.69, 9.17) is 54.8 Å². The van der Waals surface area contributed by atoms with Crippen LogP contribution >= 0.6 is 19.6 Å².